The molecule has 2 rings (SSSR count). The Hall–Kier alpha value is -1.24. The Kier molecular flexibility index (Phi) is 15.8. The third-order valence-corrected chi connectivity index (χ3v) is 4.76. The number of quaternary nitrogens is 2. The molecule has 0 aliphatic carbocycles. The molecule has 0 saturated carbocycles. The molecule has 2 aromatic carbocycles. The van der Waals surface area contributed by atoms with Crippen molar-refractivity contribution in [1.82, 2.24) is 0 Å². The molecule has 0 saturated heterocycles. The Morgan fingerprint density at radius 3 is 1.21 bits per heavy atom. The maximum atomic E-state index is 5.76. The van der Waals surface area contributed by atoms with Crippen LogP contribution in [0.5, 0.6) is 0 Å². The van der Waals surface area contributed by atoms with Crippen LogP contribution >= 0.6 is 0 Å². The Morgan fingerprint density at radius 2 is 0.912 bits per heavy atom. The number of benzene rings is 2. The third-order valence-electron chi connectivity index (χ3n) is 4.76. The van der Waals surface area contributed by atoms with Crippen molar-refractivity contribution in [3.8, 4) is 0 Å². The molecule has 0 heterocycles. The van der Waals surface area contributed by atoms with Crippen molar-refractivity contribution in [3.63, 3.8) is 0 Å². The topological polar surface area (TPSA) is 43.2 Å². The predicted molar refractivity (Wildman–Crippen MR) is 133 cm³/mol. The molecular weight excluding hydrogens is 654 g/mol. The van der Waals surface area contributed by atoms with Crippen LogP contribution < -0.4 is 48.0 Å². The first kappa shape index (κ1) is 32.8. The molecule has 0 N–H and O–H groups in total. The molecule has 34 heavy (non-hydrogen) atoms. The molecule has 190 valence electrons. The van der Waals surface area contributed by atoms with Gasteiger partial charge in [-0.2, -0.15) is 0 Å². The summed E-state index contributed by atoms with van der Waals surface area (Å²) in [6, 6.07) is 20.0. The van der Waals surface area contributed by atoms with Gasteiger partial charge >= 0.3 is 0 Å². The number of halogens is 2. The van der Waals surface area contributed by atoms with Crippen molar-refractivity contribution in [1.29, 1.82) is 0 Å². The smallest absolute Gasteiger partial charge is 0.139 e. The molecule has 0 spiro atoms. The van der Waals surface area contributed by atoms with E-state index in [1.807, 2.05) is 60.7 Å². The van der Waals surface area contributed by atoms with Crippen LogP contribution in [-0.2, 0) is 9.68 Å². The van der Waals surface area contributed by atoms with Gasteiger partial charge in [-0.3, -0.25) is 0 Å². The average Bonchev–Trinajstić information content (AvgIpc) is 2.74. The summed E-state index contributed by atoms with van der Waals surface area (Å²) in [5.74, 6) is 0. The highest BCUT2D eigenvalue weighted by Crippen LogP contribution is 2.12. The lowest BCUT2D eigenvalue weighted by molar-refractivity contribution is -0.870. The third kappa shape index (κ3) is 13.6. The number of hydrogen-bond donors (Lipinski definition) is 0. The first-order chi connectivity index (χ1) is 15.2. The summed E-state index contributed by atoms with van der Waals surface area (Å²) in [6.45, 7) is 3.15. The van der Waals surface area contributed by atoms with Gasteiger partial charge < -0.3 is 66.6 Å². The fourth-order valence-electron chi connectivity index (χ4n) is 3.08. The summed E-state index contributed by atoms with van der Waals surface area (Å²) < 4.78 is 1.80. The zero-order valence-electron chi connectivity index (χ0n) is 21.4. The Bertz CT molecular complexity index is 788. The summed E-state index contributed by atoms with van der Waals surface area (Å²) in [7, 11) is 13.1. The molecule has 0 aromatic heterocycles. The standard InChI is InChI=1S/C26H40N4O2.2HI/c1-29(2,3)19-13-21-31-27-25(23-15-9-7-10-16-23)26(24-17-11-8-12-18-24)28-32-22-14-20-30(4,5)6;;/h7-12,15-18H,13-14,19-22H2,1-6H3;2*1H/q+2;;/p-2/b27-25-,28-26-;;. The van der Waals surface area contributed by atoms with Gasteiger partial charge in [0.1, 0.15) is 24.6 Å². The molecule has 0 atom stereocenters. The first-order valence-electron chi connectivity index (χ1n) is 11.3. The molecular formula is C26H40I2N4O2. The highest BCUT2D eigenvalue weighted by Gasteiger charge is 2.17. The molecule has 0 aliphatic heterocycles. The van der Waals surface area contributed by atoms with Crippen LogP contribution in [0.25, 0.3) is 0 Å². The van der Waals surface area contributed by atoms with Crippen LogP contribution in [-0.4, -0.2) is 89.0 Å². The van der Waals surface area contributed by atoms with E-state index >= 15 is 0 Å². The number of oxime groups is 2. The van der Waals surface area contributed by atoms with E-state index in [4.69, 9.17) is 9.68 Å². The molecule has 0 amide bonds. The maximum absolute atomic E-state index is 5.76. The Balaban J connectivity index is 0.00000544. The normalized spacial score (nSPS) is 12.4. The van der Waals surface area contributed by atoms with Crippen LogP contribution in [0.3, 0.4) is 0 Å². The van der Waals surface area contributed by atoms with Gasteiger partial charge in [0.15, 0.2) is 0 Å². The number of nitrogens with zero attached hydrogens (tertiary/aromatic N) is 4. The summed E-state index contributed by atoms with van der Waals surface area (Å²) in [6.07, 6.45) is 1.85. The van der Waals surface area contributed by atoms with E-state index in [0.29, 0.717) is 24.6 Å². The van der Waals surface area contributed by atoms with Gasteiger partial charge in [0, 0.05) is 24.0 Å². The van der Waals surface area contributed by atoms with E-state index < -0.39 is 0 Å². The summed E-state index contributed by atoms with van der Waals surface area (Å²) >= 11 is 0. The van der Waals surface area contributed by atoms with E-state index in [1.54, 1.807) is 0 Å². The highest BCUT2D eigenvalue weighted by atomic mass is 127. The minimum absolute atomic E-state index is 0. The molecule has 0 aliphatic rings. The highest BCUT2D eigenvalue weighted by molar-refractivity contribution is 6.53. The van der Waals surface area contributed by atoms with E-state index in [-0.39, 0.29) is 48.0 Å². The van der Waals surface area contributed by atoms with E-state index in [2.05, 4.69) is 52.6 Å². The minimum atomic E-state index is 0. The molecule has 0 fully saturated rings. The van der Waals surface area contributed by atoms with Crippen LogP contribution in [0.15, 0.2) is 71.0 Å². The summed E-state index contributed by atoms with van der Waals surface area (Å²) in [4.78, 5) is 11.5. The lowest BCUT2D eigenvalue weighted by atomic mass is 10.00. The van der Waals surface area contributed by atoms with E-state index in [1.165, 1.54) is 0 Å². The fourth-order valence-corrected chi connectivity index (χ4v) is 3.08. The summed E-state index contributed by atoms with van der Waals surface area (Å²) in [5, 5.41) is 9.05. The predicted octanol–water partition coefficient (Wildman–Crippen LogP) is -1.97. The largest absolute Gasteiger partial charge is 1.00 e. The molecule has 8 heteroatoms. The van der Waals surface area contributed by atoms with Crippen LogP contribution in [0.4, 0.5) is 0 Å². The van der Waals surface area contributed by atoms with Crippen LogP contribution in [0, 0.1) is 0 Å². The SMILES string of the molecule is C[N+](C)(C)CCCO/N=C(\C(=N/OCCC[N+](C)(C)C)c1ccccc1)c1ccccc1.[I-].[I-]. The molecule has 0 unspecified atom stereocenters. The second-order valence-corrected chi connectivity index (χ2v) is 10.0. The first-order valence-corrected chi connectivity index (χ1v) is 11.3. The number of rotatable bonds is 13. The lowest BCUT2D eigenvalue weighted by Crippen LogP contribution is -3.00. The van der Waals surface area contributed by atoms with Crippen LogP contribution in [0.1, 0.15) is 24.0 Å². The van der Waals surface area contributed by atoms with E-state index in [0.717, 1.165) is 46.0 Å². The van der Waals surface area contributed by atoms with Gasteiger partial charge in [-0.1, -0.05) is 71.0 Å². The minimum Gasteiger partial charge on any atom is -1.00 e. The van der Waals surface area contributed by atoms with Crippen molar-refractivity contribution in [2.45, 2.75) is 12.8 Å². The Labute approximate surface area is 240 Å². The zero-order valence-corrected chi connectivity index (χ0v) is 25.7. The monoisotopic (exact) mass is 694 g/mol. The van der Waals surface area contributed by atoms with Crippen molar-refractivity contribution in [2.24, 2.45) is 10.3 Å². The van der Waals surface area contributed by atoms with Crippen molar-refractivity contribution >= 4 is 11.4 Å². The zero-order chi connectivity index (χ0) is 23.5. The van der Waals surface area contributed by atoms with Crippen LogP contribution in [0.2, 0.25) is 0 Å². The maximum Gasteiger partial charge on any atom is 0.139 e. The van der Waals surface area contributed by atoms with Gasteiger partial charge in [0.25, 0.3) is 0 Å². The second kappa shape index (κ2) is 16.4. The molecule has 0 radical (unpaired) electrons. The average molecular weight is 694 g/mol. The van der Waals surface area contributed by atoms with Gasteiger partial charge in [-0.25, -0.2) is 0 Å². The fraction of sp³-hybridized carbons (Fsp3) is 0.462. The van der Waals surface area contributed by atoms with Gasteiger partial charge in [-0.05, 0) is 0 Å². The van der Waals surface area contributed by atoms with Gasteiger partial charge in [-0.15, -0.1) is 0 Å². The number of hydrogen-bond acceptors (Lipinski definition) is 4. The van der Waals surface area contributed by atoms with E-state index in [9.17, 15) is 0 Å². The van der Waals surface area contributed by atoms with Crippen molar-refractivity contribution < 1.29 is 66.6 Å². The van der Waals surface area contributed by atoms with Gasteiger partial charge in [0.2, 0.25) is 0 Å². The quantitative estimate of drug-likeness (QED) is 0.0804. The molecule has 0 bridgehead atoms. The Morgan fingerprint density at radius 1 is 0.588 bits per heavy atom. The van der Waals surface area contributed by atoms with Gasteiger partial charge in [0.05, 0.1) is 55.4 Å². The summed E-state index contributed by atoms with van der Waals surface area (Å²) in [5.41, 5.74) is 3.23. The molecule has 2 aromatic rings. The van der Waals surface area contributed by atoms with Crippen molar-refractivity contribution in [3.05, 3.63) is 71.8 Å². The molecule has 6 nitrogen and oxygen atoms in total. The second-order valence-electron chi connectivity index (χ2n) is 10.0. The van der Waals surface area contributed by atoms with Crippen molar-refractivity contribution in [2.75, 3.05) is 68.6 Å². The lowest BCUT2D eigenvalue weighted by Gasteiger charge is -2.23.